The van der Waals surface area contributed by atoms with Crippen molar-refractivity contribution in [3.8, 4) is 0 Å². The van der Waals surface area contributed by atoms with E-state index in [9.17, 15) is 14.4 Å². The molecule has 11 nitrogen and oxygen atoms in total. The number of ketones is 1. The lowest BCUT2D eigenvalue weighted by Gasteiger charge is -2.41. The van der Waals surface area contributed by atoms with Crippen LogP contribution in [0.1, 0.15) is 72.3 Å². The second-order valence-corrected chi connectivity index (χ2v) is 22.6. The first-order valence-corrected chi connectivity index (χ1v) is 23.9. The molecule has 54 heavy (non-hydrogen) atoms. The van der Waals surface area contributed by atoms with Crippen molar-refractivity contribution in [2.75, 3.05) is 52.4 Å². The number of piperidine rings is 3. The Kier molecular flexibility index (Phi) is 12.0. The van der Waals surface area contributed by atoms with Gasteiger partial charge in [0, 0.05) is 68.6 Å². The normalized spacial score (nSPS) is 19.1. The molecule has 3 aliphatic rings. The van der Waals surface area contributed by atoms with E-state index >= 15 is 0 Å². The van der Waals surface area contributed by atoms with Crippen LogP contribution >= 0.6 is 0 Å². The number of para-hydroxylation sites is 1. The SMILES string of the molecule is Cc1cc(C(=O)[C@@H](CN2CCC(N3CCCCC3)CC2)OC(=O)N2CCC(c3cc4ccccc4[nH]c3=O)CC2)cc2cn(COCC[Si](C)(C)C)nc12. The van der Waals surface area contributed by atoms with Crippen LogP contribution in [0.4, 0.5) is 4.79 Å². The fourth-order valence-corrected chi connectivity index (χ4v) is 9.24. The van der Waals surface area contributed by atoms with Gasteiger partial charge in [-0.25, -0.2) is 9.48 Å². The Labute approximate surface area is 320 Å². The topological polar surface area (TPSA) is 113 Å². The summed E-state index contributed by atoms with van der Waals surface area (Å²) in [4.78, 5) is 50.9. The number of carbonyl (C=O) groups is 2. The van der Waals surface area contributed by atoms with Crippen LogP contribution in [0.3, 0.4) is 0 Å². The maximum Gasteiger partial charge on any atom is 0.410 e. The first kappa shape index (κ1) is 38.4. The number of rotatable bonds is 12. The number of ether oxygens (including phenoxy) is 2. The summed E-state index contributed by atoms with van der Waals surface area (Å²) in [5.74, 6) is -0.148. The van der Waals surface area contributed by atoms with E-state index in [0.717, 1.165) is 64.9 Å². The molecule has 12 heteroatoms. The Morgan fingerprint density at radius 3 is 2.41 bits per heavy atom. The lowest BCUT2D eigenvalue weighted by Crippen LogP contribution is -2.50. The summed E-state index contributed by atoms with van der Waals surface area (Å²) in [6, 6.07) is 15.2. The van der Waals surface area contributed by atoms with E-state index in [1.807, 2.05) is 55.6 Å². The number of H-pyrrole nitrogens is 1. The van der Waals surface area contributed by atoms with E-state index < -0.39 is 20.3 Å². The summed E-state index contributed by atoms with van der Waals surface area (Å²) in [6.45, 7) is 15.4. The van der Waals surface area contributed by atoms with Crippen LogP contribution in [0.5, 0.6) is 0 Å². The quantitative estimate of drug-likeness (QED) is 0.0934. The number of amides is 1. The summed E-state index contributed by atoms with van der Waals surface area (Å²) < 4.78 is 14.0. The molecule has 1 N–H and O–H groups in total. The molecule has 1 amide bonds. The Bertz CT molecular complexity index is 1980. The van der Waals surface area contributed by atoms with Gasteiger partial charge >= 0.3 is 6.09 Å². The van der Waals surface area contributed by atoms with Crippen LogP contribution < -0.4 is 5.56 Å². The van der Waals surface area contributed by atoms with Gasteiger partial charge in [-0.15, -0.1) is 0 Å². The van der Waals surface area contributed by atoms with Crippen LogP contribution in [-0.2, 0) is 16.2 Å². The molecule has 0 radical (unpaired) electrons. The van der Waals surface area contributed by atoms with Gasteiger partial charge in [0.05, 0.1) is 5.52 Å². The van der Waals surface area contributed by atoms with Gasteiger partial charge in [0.1, 0.15) is 6.73 Å². The number of pyridine rings is 1. The Morgan fingerprint density at radius 1 is 0.926 bits per heavy atom. The number of hydrogen-bond acceptors (Lipinski definition) is 8. The summed E-state index contributed by atoms with van der Waals surface area (Å²) in [5.41, 5.74) is 3.77. The Balaban J connectivity index is 1.04. The Morgan fingerprint density at radius 2 is 1.67 bits per heavy atom. The lowest BCUT2D eigenvalue weighted by molar-refractivity contribution is 0.0244. The number of aromatic nitrogens is 3. The highest BCUT2D eigenvalue weighted by Gasteiger charge is 2.34. The highest BCUT2D eigenvalue weighted by molar-refractivity contribution is 6.76. The van der Waals surface area contributed by atoms with Crippen LogP contribution in [-0.4, -0.2) is 114 Å². The van der Waals surface area contributed by atoms with Crippen molar-refractivity contribution < 1.29 is 19.1 Å². The number of likely N-dealkylation sites (tertiary alicyclic amines) is 3. The Hall–Kier alpha value is -3.84. The summed E-state index contributed by atoms with van der Waals surface area (Å²) in [6.07, 6.45) is 7.81. The molecule has 3 fully saturated rings. The summed E-state index contributed by atoms with van der Waals surface area (Å²) in [5, 5.41) is 6.62. The van der Waals surface area contributed by atoms with Crippen LogP contribution in [0.2, 0.25) is 25.7 Å². The molecule has 2 aromatic heterocycles. The molecule has 3 aliphatic heterocycles. The fourth-order valence-electron chi connectivity index (χ4n) is 8.49. The number of hydrogen-bond donors (Lipinski definition) is 1. The zero-order chi connectivity index (χ0) is 37.8. The van der Waals surface area contributed by atoms with Gasteiger partial charge in [-0.3, -0.25) is 14.5 Å². The summed E-state index contributed by atoms with van der Waals surface area (Å²) in [7, 11) is -1.20. The largest absolute Gasteiger partial charge is 0.436 e. The van der Waals surface area contributed by atoms with E-state index in [-0.39, 0.29) is 17.3 Å². The zero-order valence-electron chi connectivity index (χ0n) is 32.6. The standard InChI is InChI=1S/C42H58N6O5Si/c1-30-24-33(25-34-27-48(44-39(30)34)29-52-22-23-54(2,3)4)40(49)38(28-45-18-14-35(15-19-45)46-16-8-5-9-17-46)53-42(51)47-20-12-31(13-21-47)36-26-32-10-6-7-11-37(32)43-41(36)50/h6-7,10-11,24-27,31,35,38H,5,8-9,12-23,28-29H2,1-4H3,(H,43,50)/t38-/m1/s1. The van der Waals surface area contributed by atoms with Crippen LogP contribution in [0, 0.1) is 6.92 Å². The molecule has 3 saturated heterocycles. The average Bonchev–Trinajstić information content (AvgIpc) is 3.60. The van der Waals surface area contributed by atoms with E-state index in [4.69, 9.17) is 14.6 Å². The molecule has 0 unspecified atom stereocenters. The molecule has 4 aromatic rings. The minimum atomic E-state index is -1.20. The predicted molar refractivity (Wildman–Crippen MR) is 216 cm³/mol. The van der Waals surface area contributed by atoms with E-state index in [0.29, 0.717) is 57.4 Å². The monoisotopic (exact) mass is 754 g/mol. The van der Waals surface area contributed by atoms with Crippen LogP contribution in [0.15, 0.2) is 53.5 Å². The molecule has 5 heterocycles. The minimum absolute atomic E-state index is 0.0439. The smallest absolute Gasteiger partial charge is 0.410 e. The van der Waals surface area contributed by atoms with Crippen molar-refractivity contribution in [1.29, 1.82) is 0 Å². The van der Waals surface area contributed by atoms with E-state index in [1.165, 1.54) is 32.4 Å². The van der Waals surface area contributed by atoms with Crippen molar-refractivity contribution in [1.82, 2.24) is 29.5 Å². The first-order valence-electron chi connectivity index (χ1n) is 20.1. The molecule has 1 atom stereocenters. The third kappa shape index (κ3) is 9.33. The van der Waals surface area contributed by atoms with Gasteiger partial charge in [0.2, 0.25) is 5.78 Å². The van der Waals surface area contributed by atoms with Gasteiger partial charge in [-0.1, -0.05) is 44.3 Å². The minimum Gasteiger partial charge on any atom is -0.436 e. The van der Waals surface area contributed by atoms with Gasteiger partial charge < -0.3 is 24.3 Å². The third-order valence-electron chi connectivity index (χ3n) is 11.7. The number of aryl methyl sites for hydroxylation is 1. The van der Waals surface area contributed by atoms with Gasteiger partial charge in [0.15, 0.2) is 6.10 Å². The third-order valence-corrected chi connectivity index (χ3v) is 13.5. The number of aromatic amines is 1. The van der Waals surface area contributed by atoms with Crippen molar-refractivity contribution in [3.05, 3.63) is 75.7 Å². The highest BCUT2D eigenvalue weighted by atomic mass is 28.3. The lowest BCUT2D eigenvalue weighted by atomic mass is 9.89. The fraction of sp³-hybridized carbons (Fsp3) is 0.571. The highest BCUT2D eigenvalue weighted by Crippen LogP contribution is 2.29. The molecular weight excluding hydrogens is 697 g/mol. The molecule has 0 bridgehead atoms. The number of nitrogens with one attached hydrogen (secondary N) is 1. The zero-order valence-corrected chi connectivity index (χ0v) is 33.6. The predicted octanol–water partition coefficient (Wildman–Crippen LogP) is 7.02. The number of nitrogens with zero attached hydrogens (tertiary/aromatic N) is 5. The van der Waals surface area contributed by atoms with Gasteiger partial charge in [-0.2, -0.15) is 5.10 Å². The van der Waals surface area contributed by atoms with Crippen LogP contribution in [0.25, 0.3) is 21.8 Å². The van der Waals surface area contributed by atoms with Crippen molar-refractivity contribution in [2.24, 2.45) is 0 Å². The maximum absolute atomic E-state index is 14.4. The number of carbonyl (C=O) groups excluding carboxylic acids is 2. The van der Waals surface area contributed by atoms with E-state index in [1.54, 1.807) is 9.58 Å². The van der Waals surface area contributed by atoms with Crippen molar-refractivity contribution in [2.45, 2.75) is 102 Å². The number of fused-ring (bicyclic) bond motifs is 2. The van der Waals surface area contributed by atoms with Crippen molar-refractivity contribution in [3.63, 3.8) is 0 Å². The average molecular weight is 755 g/mol. The molecule has 0 aliphatic carbocycles. The summed E-state index contributed by atoms with van der Waals surface area (Å²) >= 11 is 0. The maximum atomic E-state index is 14.4. The van der Waals surface area contributed by atoms with Gasteiger partial charge in [0.25, 0.3) is 5.56 Å². The number of benzene rings is 2. The molecule has 7 rings (SSSR count). The second kappa shape index (κ2) is 16.9. The molecular formula is C42H58N6O5Si. The first-order chi connectivity index (χ1) is 26.0. The molecule has 0 spiro atoms. The molecule has 0 saturated carbocycles. The van der Waals surface area contributed by atoms with E-state index in [2.05, 4.69) is 34.4 Å². The van der Waals surface area contributed by atoms with Gasteiger partial charge in [-0.05, 0) is 119 Å². The van der Waals surface area contributed by atoms with Crippen molar-refractivity contribution >= 4 is 41.8 Å². The molecule has 2 aromatic carbocycles. The second-order valence-electron chi connectivity index (χ2n) is 17.0. The number of Topliss-reactive ketones (excluding diaryl/α,β-unsaturated/α-hetero) is 1. The molecule has 290 valence electrons.